The molecule has 1 amide bonds. The number of anilines is 1. The molecule has 0 bridgehead atoms. The molecule has 24 heavy (non-hydrogen) atoms. The first-order chi connectivity index (χ1) is 11.6. The van der Waals surface area contributed by atoms with Gasteiger partial charge in [-0.3, -0.25) is 4.79 Å². The Balaban J connectivity index is 1.55. The lowest BCUT2D eigenvalue weighted by Gasteiger charge is -2.09. The Bertz CT molecular complexity index is 830. The number of aromatic nitrogens is 2. The van der Waals surface area contributed by atoms with Gasteiger partial charge in [-0.15, -0.1) is 5.10 Å². The zero-order valence-electron chi connectivity index (χ0n) is 13.4. The third-order valence-corrected chi connectivity index (χ3v) is 4.38. The van der Waals surface area contributed by atoms with Gasteiger partial charge in [0.25, 0.3) is 5.91 Å². The van der Waals surface area contributed by atoms with Crippen molar-refractivity contribution in [1.29, 1.82) is 0 Å². The number of aryl methyl sites for hydroxylation is 2. The second kappa shape index (κ2) is 7.23. The molecule has 6 heteroatoms. The van der Waals surface area contributed by atoms with Crippen LogP contribution >= 0.6 is 11.5 Å². The van der Waals surface area contributed by atoms with Crippen molar-refractivity contribution < 1.29 is 9.53 Å². The number of hydrogen-bond donors (Lipinski definition) is 1. The smallest absolute Gasteiger partial charge is 0.262 e. The fourth-order valence-corrected chi connectivity index (χ4v) is 2.68. The van der Waals surface area contributed by atoms with Gasteiger partial charge in [-0.25, -0.2) is 0 Å². The van der Waals surface area contributed by atoms with Crippen LogP contribution in [0.2, 0.25) is 0 Å². The standard InChI is InChI=1S/C18H17N3O2S/c1-12-3-8-16(9-13(12)2)23-11-18(22)20-15-6-4-14(5-7-15)17-10-19-21-24-17/h3-10H,11H2,1-2H3,(H,20,22). The van der Waals surface area contributed by atoms with Crippen molar-refractivity contribution in [3.05, 3.63) is 59.8 Å². The summed E-state index contributed by atoms with van der Waals surface area (Å²) in [5.41, 5.74) is 4.09. The van der Waals surface area contributed by atoms with Gasteiger partial charge in [0.1, 0.15) is 5.75 Å². The highest BCUT2D eigenvalue weighted by Crippen LogP contribution is 2.23. The molecule has 3 aromatic rings. The summed E-state index contributed by atoms with van der Waals surface area (Å²) in [5.74, 6) is 0.502. The van der Waals surface area contributed by atoms with Crippen molar-refractivity contribution in [2.24, 2.45) is 0 Å². The lowest BCUT2D eigenvalue weighted by atomic mass is 10.1. The van der Waals surface area contributed by atoms with Crippen molar-refractivity contribution >= 4 is 23.1 Å². The van der Waals surface area contributed by atoms with Gasteiger partial charge in [-0.2, -0.15) is 0 Å². The quantitative estimate of drug-likeness (QED) is 0.767. The topological polar surface area (TPSA) is 64.1 Å². The molecule has 3 rings (SSSR count). The lowest BCUT2D eigenvalue weighted by Crippen LogP contribution is -2.20. The van der Waals surface area contributed by atoms with Gasteiger partial charge < -0.3 is 10.1 Å². The second-order valence-electron chi connectivity index (χ2n) is 5.44. The van der Waals surface area contributed by atoms with Gasteiger partial charge in [-0.05, 0) is 66.3 Å². The number of nitrogens with one attached hydrogen (secondary N) is 1. The van der Waals surface area contributed by atoms with Crippen LogP contribution in [0.4, 0.5) is 5.69 Å². The molecule has 1 heterocycles. The van der Waals surface area contributed by atoms with E-state index < -0.39 is 0 Å². The van der Waals surface area contributed by atoms with Crippen molar-refractivity contribution in [2.45, 2.75) is 13.8 Å². The largest absolute Gasteiger partial charge is 0.484 e. The number of carbonyl (C=O) groups is 1. The molecule has 0 fully saturated rings. The Kier molecular flexibility index (Phi) is 4.86. The SMILES string of the molecule is Cc1ccc(OCC(=O)Nc2ccc(-c3cnns3)cc2)cc1C. The van der Waals surface area contributed by atoms with Crippen LogP contribution in [-0.4, -0.2) is 22.1 Å². The summed E-state index contributed by atoms with van der Waals surface area (Å²) in [7, 11) is 0. The molecule has 2 aromatic carbocycles. The molecule has 0 atom stereocenters. The summed E-state index contributed by atoms with van der Waals surface area (Å²) >= 11 is 1.34. The van der Waals surface area contributed by atoms with Crippen LogP contribution in [-0.2, 0) is 4.79 Å². The van der Waals surface area contributed by atoms with Crippen LogP contribution in [0, 0.1) is 13.8 Å². The first kappa shape index (κ1) is 16.1. The number of hydrogen-bond acceptors (Lipinski definition) is 5. The molecule has 0 aliphatic rings. The minimum absolute atomic E-state index is 0.0248. The first-order valence-corrected chi connectivity index (χ1v) is 8.27. The Hall–Kier alpha value is -2.73. The zero-order valence-corrected chi connectivity index (χ0v) is 14.3. The second-order valence-corrected chi connectivity index (χ2v) is 6.23. The van der Waals surface area contributed by atoms with Crippen LogP contribution in [0.3, 0.4) is 0 Å². The van der Waals surface area contributed by atoms with Crippen molar-refractivity contribution in [3.8, 4) is 16.2 Å². The summed E-state index contributed by atoms with van der Waals surface area (Å²) in [6.07, 6.45) is 1.72. The summed E-state index contributed by atoms with van der Waals surface area (Å²) in [5, 5.41) is 6.64. The molecular weight excluding hydrogens is 322 g/mol. The molecular formula is C18H17N3O2S. The highest BCUT2D eigenvalue weighted by molar-refractivity contribution is 7.09. The van der Waals surface area contributed by atoms with Gasteiger partial charge in [-0.1, -0.05) is 22.7 Å². The van der Waals surface area contributed by atoms with Crippen LogP contribution in [0.5, 0.6) is 5.75 Å². The number of ether oxygens (including phenoxy) is 1. The molecule has 0 radical (unpaired) electrons. The first-order valence-electron chi connectivity index (χ1n) is 7.49. The van der Waals surface area contributed by atoms with Crippen LogP contribution < -0.4 is 10.1 Å². The third-order valence-electron chi connectivity index (χ3n) is 3.66. The Morgan fingerprint density at radius 3 is 2.58 bits per heavy atom. The van der Waals surface area contributed by atoms with E-state index in [1.165, 1.54) is 17.1 Å². The summed E-state index contributed by atoms with van der Waals surface area (Å²) in [6.45, 7) is 4.03. The highest BCUT2D eigenvalue weighted by atomic mass is 32.1. The molecule has 0 spiro atoms. The minimum Gasteiger partial charge on any atom is -0.484 e. The third kappa shape index (κ3) is 3.97. The van der Waals surface area contributed by atoms with Crippen LogP contribution in [0.1, 0.15) is 11.1 Å². The predicted octanol–water partition coefficient (Wildman–Crippen LogP) is 3.84. The van der Waals surface area contributed by atoms with Gasteiger partial charge in [0.05, 0.1) is 11.1 Å². The molecule has 0 saturated heterocycles. The lowest BCUT2D eigenvalue weighted by molar-refractivity contribution is -0.118. The average molecular weight is 339 g/mol. The Morgan fingerprint density at radius 1 is 1.12 bits per heavy atom. The van der Waals surface area contributed by atoms with Crippen LogP contribution in [0.25, 0.3) is 10.4 Å². The molecule has 5 nitrogen and oxygen atoms in total. The maximum Gasteiger partial charge on any atom is 0.262 e. The molecule has 1 aromatic heterocycles. The molecule has 0 unspecified atom stereocenters. The maximum atomic E-state index is 12.0. The molecule has 0 aliphatic carbocycles. The fraction of sp³-hybridized carbons (Fsp3) is 0.167. The van der Waals surface area contributed by atoms with Gasteiger partial charge in [0.2, 0.25) is 0 Å². The highest BCUT2D eigenvalue weighted by Gasteiger charge is 2.06. The Labute approximate surface area is 144 Å². The normalized spacial score (nSPS) is 10.4. The van der Waals surface area contributed by atoms with Crippen LogP contribution in [0.15, 0.2) is 48.7 Å². The molecule has 0 aliphatic heterocycles. The van der Waals surface area contributed by atoms with E-state index in [2.05, 4.69) is 14.9 Å². The number of rotatable bonds is 5. The van der Waals surface area contributed by atoms with Crippen molar-refractivity contribution in [1.82, 2.24) is 9.59 Å². The number of benzene rings is 2. The van der Waals surface area contributed by atoms with E-state index in [0.717, 1.165) is 21.7 Å². The van der Waals surface area contributed by atoms with Crippen molar-refractivity contribution in [2.75, 3.05) is 11.9 Å². The predicted molar refractivity (Wildman–Crippen MR) is 95.4 cm³/mol. The van der Waals surface area contributed by atoms with E-state index >= 15 is 0 Å². The van der Waals surface area contributed by atoms with E-state index in [1.807, 2.05) is 56.3 Å². The summed E-state index contributed by atoms with van der Waals surface area (Å²) in [4.78, 5) is 13.0. The fourth-order valence-electron chi connectivity index (χ4n) is 2.16. The van der Waals surface area contributed by atoms with Gasteiger partial charge in [0.15, 0.2) is 6.61 Å². The van der Waals surface area contributed by atoms with Crippen molar-refractivity contribution in [3.63, 3.8) is 0 Å². The van der Waals surface area contributed by atoms with E-state index in [1.54, 1.807) is 6.20 Å². The van der Waals surface area contributed by atoms with Gasteiger partial charge >= 0.3 is 0 Å². The van der Waals surface area contributed by atoms with E-state index in [9.17, 15) is 4.79 Å². The van der Waals surface area contributed by atoms with E-state index in [-0.39, 0.29) is 12.5 Å². The van der Waals surface area contributed by atoms with E-state index in [0.29, 0.717) is 5.75 Å². The Morgan fingerprint density at radius 2 is 1.92 bits per heavy atom. The summed E-state index contributed by atoms with van der Waals surface area (Å²) < 4.78 is 9.37. The molecule has 1 N–H and O–H groups in total. The zero-order chi connectivity index (χ0) is 16.9. The minimum atomic E-state index is -0.194. The number of amides is 1. The average Bonchev–Trinajstić information content (AvgIpc) is 3.11. The molecule has 122 valence electrons. The van der Waals surface area contributed by atoms with E-state index in [4.69, 9.17) is 4.74 Å². The molecule has 0 saturated carbocycles. The van der Waals surface area contributed by atoms with Gasteiger partial charge in [0, 0.05) is 5.69 Å². The monoisotopic (exact) mass is 339 g/mol. The summed E-state index contributed by atoms with van der Waals surface area (Å²) in [6, 6.07) is 13.3. The number of carbonyl (C=O) groups excluding carboxylic acids is 1. The number of nitrogens with zero attached hydrogens (tertiary/aromatic N) is 2. The maximum absolute atomic E-state index is 12.0.